The van der Waals surface area contributed by atoms with Gasteiger partial charge < -0.3 is 20.3 Å². The van der Waals surface area contributed by atoms with Crippen molar-refractivity contribution >= 4 is 29.2 Å². The molecule has 4 heterocycles. The van der Waals surface area contributed by atoms with E-state index in [9.17, 15) is 4.79 Å². The molecule has 5 rings (SSSR count). The number of anilines is 4. The van der Waals surface area contributed by atoms with Crippen molar-refractivity contribution in [2.24, 2.45) is 0 Å². The molecule has 2 N–H and O–H groups in total. The van der Waals surface area contributed by atoms with Crippen molar-refractivity contribution in [3.63, 3.8) is 0 Å². The molecule has 0 radical (unpaired) electrons. The fourth-order valence-corrected chi connectivity index (χ4v) is 3.65. The molecular weight excluding hydrogens is 444 g/mol. The van der Waals surface area contributed by atoms with Crippen LogP contribution in [0.1, 0.15) is 16.1 Å². The molecule has 1 fully saturated rings. The average Bonchev–Trinajstić information content (AvgIpc) is 2.89. The Balaban J connectivity index is 1.30. The van der Waals surface area contributed by atoms with E-state index in [-0.39, 0.29) is 5.91 Å². The van der Waals surface area contributed by atoms with Gasteiger partial charge in [0.05, 0.1) is 13.2 Å². The number of rotatable bonds is 6. The maximum absolute atomic E-state index is 12.8. The van der Waals surface area contributed by atoms with Gasteiger partial charge in [-0.2, -0.15) is 4.98 Å². The molecule has 1 aliphatic heterocycles. The number of nitrogens with one attached hydrogen (secondary N) is 2. The summed E-state index contributed by atoms with van der Waals surface area (Å²) in [6, 6.07) is 16.5. The Morgan fingerprint density at radius 2 is 1.66 bits per heavy atom. The van der Waals surface area contributed by atoms with Gasteiger partial charge in [0, 0.05) is 42.4 Å². The molecule has 10 heteroatoms. The van der Waals surface area contributed by atoms with Crippen LogP contribution in [0.25, 0.3) is 11.5 Å². The van der Waals surface area contributed by atoms with E-state index in [1.165, 1.54) is 0 Å². The molecule has 1 saturated heterocycles. The van der Waals surface area contributed by atoms with E-state index >= 15 is 0 Å². The summed E-state index contributed by atoms with van der Waals surface area (Å²) >= 11 is 0. The van der Waals surface area contributed by atoms with Crippen LogP contribution in [-0.4, -0.2) is 62.0 Å². The minimum absolute atomic E-state index is 0.0176. The average molecular weight is 469 g/mol. The second kappa shape index (κ2) is 10.2. The van der Waals surface area contributed by atoms with Crippen LogP contribution in [0.5, 0.6) is 0 Å². The summed E-state index contributed by atoms with van der Waals surface area (Å²) in [5, 5.41) is 6.36. The Labute approximate surface area is 202 Å². The highest BCUT2D eigenvalue weighted by Gasteiger charge is 2.18. The topological polar surface area (TPSA) is 118 Å². The summed E-state index contributed by atoms with van der Waals surface area (Å²) in [7, 11) is 0. The first-order valence-corrected chi connectivity index (χ1v) is 11.3. The third kappa shape index (κ3) is 5.56. The van der Waals surface area contributed by atoms with E-state index in [2.05, 4.69) is 35.6 Å². The van der Waals surface area contributed by atoms with Gasteiger partial charge in [-0.25, -0.2) is 19.9 Å². The van der Waals surface area contributed by atoms with Crippen LogP contribution in [0, 0.1) is 6.92 Å². The summed E-state index contributed by atoms with van der Waals surface area (Å²) in [5.74, 6) is 2.04. The number of aryl methyl sites for hydroxylation is 1. The molecule has 1 aliphatic rings. The van der Waals surface area contributed by atoms with Crippen molar-refractivity contribution in [2.45, 2.75) is 6.92 Å². The van der Waals surface area contributed by atoms with Gasteiger partial charge in [0.2, 0.25) is 5.95 Å². The zero-order chi connectivity index (χ0) is 24.0. The van der Waals surface area contributed by atoms with E-state index in [1.807, 2.05) is 37.3 Å². The van der Waals surface area contributed by atoms with Crippen molar-refractivity contribution in [1.82, 2.24) is 29.8 Å². The van der Waals surface area contributed by atoms with Crippen molar-refractivity contribution in [2.75, 3.05) is 36.9 Å². The quantitative estimate of drug-likeness (QED) is 0.437. The number of carbonyl (C=O) groups is 1. The third-order valence-electron chi connectivity index (χ3n) is 5.35. The Kier molecular flexibility index (Phi) is 6.53. The highest BCUT2D eigenvalue weighted by atomic mass is 16.5. The van der Waals surface area contributed by atoms with Crippen LogP contribution in [-0.2, 0) is 4.74 Å². The summed E-state index contributed by atoms with van der Waals surface area (Å²) in [5.41, 5.74) is 2.91. The number of ether oxygens (including phenoxy) is 1. The summed E-state index contributed by atoms with van der Waals surface area (Å²) in [6.07, 6.45) is 3.32. The number of morpholine rings is 1. The molecule has 176 valence electrons. The van der Waals surface area contributed by atoms with Crippen molar-refractivity contribution in [3.05, 3.63) is 78.2 Å². The fourth-order valence-electron chi connectivity index (χ4n) is 3.65. The van der Waals surface area contributed by atoms with Crippen LogP contribution in [0.4, 0.5) is 23.3 Å². The van der Waals surface area contributed by atoms with Gasteiger partial charge in [0.1, 0.15) is 17.3 Å². The van der Waals surface area contributed by atoms with E-state index in [1.54, 1.807) is 41.6 Å². The Morgan fingerprint density at radius 1 is 0.886 bits per heavy atom. The van der Waals surface area contributed by atoms with Crippen LogP contribution in [0.15, 0.2) is 67.0 Å². The lowest BCUT2D eigenvalue weighted by Gasteiger charge is -2.27. The Bertz CT molecular complexity index is 1340. The van der Waals surface area contributed by atoms with Gasteiger partial charge in [-0.15, -0.1) is 0 Å². The molecule has 0 bridgehead atoms. The largest absolute Gasteiger partial charge is 0.378 e. The Morgan fingerprint density at radius 3 is 2.49 bits per heavy atom. The van der Waals surface area contributed by atoms with Crippen molar-refractivity contribution in [3.8, 4) is 11.5 Å². The van der Waals surface area contributed by atoms with Crippen LogP contribution >= 0.6 is 0 Å². The molecule has 10 nitrogen and oxygen atoms in total. The van der Waals surface area contributed by atoms with Gasteiger partial charge in [0.25, 0.3) is 5.91 Å². The first-order valence-electron chi connectivity index (χ1n) is 11.3. The predicted octanol–water partition coefficient (Wildman–Crippen LogP) is 3.60. The third-order valence-corrected chi connectivity index (χ3v) is 5.35. The Hall–Kier alpha value is -4.44. The first-order chi connectivity index (χ1) is 17.1. The minimum Gasteiger partial charge on any atom is -0.378 e. The highest BCUT2D eigenvalue weighted by molar-refractivity contribution is 5.95. The molecule has 0 unspecified atom stereocenters. The van der Waals surface area contributed by atoms with Crippen molar-refractivity contribution < 1.29 is 9.53 Å². The number of aromatic nitrogens is 5. The van der Waals surface area contributed by atoms with E-state index in [4.69, 9.17) is 4.74 Å². The van der Waals surface area contributed by atoms with E-state index in [0.29, 0.717) is 61.0 Å². The van der Waals surface area contributed by atoms with Gasteiger partial charge in [-0.1, -0.05) is 12.1 Å². The zero-order valence-corrected chi connectivity index (χ0v) is 19.2. The number of hydrogen-bond donors (Lipinski definition) is 2. The fraction of sp³-hybridized carbons (Fsp3) is 0.200. The lowest BCUT2D eigenvalue weighted by molar-refractivity contribution is 0.0303. The minimum atomic E-state index is -0.0176. The lowest BCUT2D eigenvalue weighted by atomic mass is 10.1. The second-order valence-electron chi connectivity index (χ2n) is 7.93. The normalized spacial score (nSPS) is 13.3. The van der Waals surface area contributed by atoms with Crippen LogP contribution in [0.3, 0.4) is 0 Å². The van der Waals surface area contributed by atoms with E-state index in [0.717, 1.165) is 11.4 Å². The molecular formula is C25H24N8O2. The number of nitrogens with zero attached hydrogens (tertiary/aromatic N) is 6. The molecule has 0 aliphatic carbocycles. The smallest absolute Gasteiger partial charge is 0.254 e. The van der Waals surface area contributed by atoms with Crippen molar-refractivity contribution in [1.29, 1.82) is 0 Å². The number of amides is 1. The summed E-state index contributed by atoms with van der Waals surface area (Å²) in [6.45, 7) is 4.24. The van der Waals surface area contributed by atoms with Crippen LogP contribution in [0.2, 0.25) is 0 Å². The maximum atomic E-state index is 12.8. The number of pyridine rings is 1. The summed E-state index contributed by atoms with van der Waals surface area (Å²) < 4.78 is 5.34. The van der Waals surface area contributed by atoms with Gasteiger partial charge in [-0.3, -0.25) is 4.79 Å². The maximum Gasteiger partial charge on any atom is 0.254 e. The standard InChI is InChI=1S/C25H24N8O2/c1-17-4-2-7-20(28-17)23-26-10-8-21(31-23)30-22-9-11-27-25(32-22)29-19-6-3-5-18(16-19)24(34)33-12-14-35-15-13-33/h2-11,16H,12-15H2,1H3,(H2,26,27,29,30,31,32). The zero-order valence-electron chi connectivity index (χ0n) is 19.2. The highest BCUT2D eigenvalue weighted by Crippen LogP contribution is 2.20. The number of benzene rings is 1. The van der Waals surface area contributed by atoms with Gasteiger partial charge in [0.15, 0.2) is 5.82 Å². The van der Waals surface area contributed by atoms with E-state index < -0.39 is 0 Å². The molecule has 4 aromatic rings. The molecule has 0 atom stereocenters. The van der Waals surface area contributed by atoms with Crippen LogP contribution < -0.4 is 10.6 Å². The molecule has 1 amide bonds. The molecule has 35 heavy (non-hydrogen) atoms. The number of carbonyl (C=O) groups excluding carboxylic acids is 1. The van der Waals surface area contributed by atoms with Gasteiger partial charge in [-0.05, 0) is 49.4 Å². The van der Waals surface area contributed by atoms with Gasteiger partial charge >= 0.3 is 0 Å². The SMILES string of the molecule is Cc1cccc(-c2nccc(Nc3ccnc(Nc4cccc(C(=O)N5CCOCC5)c4)n3)n2)n1. The monoisotopic (exact) mass is 468 g/mol. The second-order valence-corrected chi connectivity index (χ2v) is 7.93. The predicted molar refractivity (Wildman–Crippen MR) is 132 cm³/mol. The lowest BCUT2D eigenvalue weighted by Crippen LogP contribution is -2.40. The molecule has 0 saturated carbocycles. The molecule has 1 aromatic carbocycles. The summed E-state index contributed by atoms with van der Waals surface area (Å²) in [4.78, 5) is 36.8. The first kappa shape index (κ1) is 22.4. The molecule has 0 spiro atoms. The number of hydrogen-bond acceptors (Lipinski definition) is 9. The molecule has 3 aromatic heterocycles.